The molecule has 4 rings (SSSR count). The highest BCUT2D eigenvalue weighted by molar-refractivity contribution is 5.25. The lowest BCUT2D eigenvalue weighted by atomic mass is 9.68. The van der Waals surface area contributed by atoms with Crippen LogP contribution in [0.4, 0.5) is 13.2 Å². The van der Waals surface area contributed by atoms with Crippen molar-refractivity contribution in [1.82, 2.24) is 0 Å². The van der Waals surface area contributed by atoms with Gasteiger partial charge in [-0.05, 0) is 43.9 Å². The molecule has 4 aliphatic rings. The van der Waals surface area contributed by atoms with Crippen molar-refractivity contribution in [2.45, 2.75) is 56.9 Å². The van der Waals surface area contributed by atoms with E-state index < -0.39 is 12.1 Å². The minimum absolute atomic E-state index is 0.114. The Hall–Kier alpha value is -1.03. The van der Waals surface area contributed by atoms with Gasteiger partial charge in [0.2, 0.25) is 0 Å². The molecule has 0 aromatic heterocycles. The van der Waals surface area contributed by atoms with Gasteiger partial charge in [0, 0.05) is 5.92 Å². The van der Waals surface area contributed by atoms with Crippen LogP contribution in [0, 0.1) is 23.7 Å². The molecule has 4 heteroatoms. The summed E-state index contributed by atoms with van der Waals surface area (Å²) in [5.41, 5.74) is 0.951. The number of allylic oxidation sites excluding steroid dienone is 4. The molecular weight excluding hydrogens is 301 g/mol. The van der Waals surface area contributed by atoms with Gasteiger partial charge in [-0.3, -0.25) is 0 Å². The monoisotopic (exact) mass is 324 g/mol. The normalized spacial score (nSPS) is 43.0. The average molecular weight is 324 g/mol. The van der Waals surface area contributed by atoms with E-state index in [2.05, 4.69) is 12.2 Å². The largest absolute Gasteiger partial charge is 0.395 e. The number of rotatable bonds is 1. The van der Waals surface area contributed by atoms with E-state index in [-0.39, 0.29) is 24.5 Å². The Morgan fingerprint density at radius 3 is 2.74 bits per heavy atom. The third-order valence-corrected chi connectivity index (χ3v) is 6.16. The van der Waals surface area contributed by atoms with Crippen LogP contribution in [0.15, 0.2) is 36.0 Å². The van der Waals surface area contributed by atoms with Crippen LogP contribution in [0.25, 0.3) is 0 Å². The Labute approximate surface area is 135 Å². The van der Waals surface area contributed by atoms with Crippen molar-refractivity contribution >= 4 is 0 Å². The molecule has 0 bridgehead atoms. The summed E-state index contributed by atoms with van der Waals surface area (Å²) in [6, 6.07) is 0. The first-order valence-corrected chi connectivity index (χ1v) is 8.80. The zero-order valence-electron chi connectivity index (χ0n) is 13.1. The second-order valence-corrected chi connectivity index (χ2v) is 7.41. The molecule has 1 saturated heterocycles. The maximum absolute atomic E-state index is 13.1. The molecule has 1 heterocycles. The first-order chi connectivity index (χ1) is 11.0. The maximum atomic E-state index is 13.1. The van der Waals surface area contributed by atoms with Crippen LogP contribution < -0.4 is 0 Å². The molecule has 126 valence electrons. The number of fused-ring (bicyclic) bond motifs is 3. The number of halogens is 3. The van der Waals surface area contributed by atoms with Crippen molar-refractivity contribution in [2.75, 3.05) is 0 Å². The quantitative estimate of drug-likeness (QED) is 0.602. The number of alkyl halides is 3. The summed E-state index contributed by atoms with van der Waals surface area (Å²) < 4.78 is 45.5. The van der Waals surface area contributed by atoms with Gasteiger partial charge >= 0.3 is 6.18 Å². The SMILES string of the molecule is FC(F)(F)[C@H]1C=CC=C(C2CCCC3C4CCC=CC4OC23)C1. The number of hydrogen-bond donors (Lipinski definition) is 0. The van der Waals surface area contributed by atoms with Gasteiger partial charge in [0.15, 0.2) is 0 Å². The highest BCUT2D eigenvalue weighted by Gasteiger charge is 2.50. The van der Waals surface area contributed by atoms with E-state index in [1.165, 1.54) is 18.9 Å². The smallest absolute Gasteiger partial charge is 0.370 e. The molecular formula is C19H23F3O. The molecule has 3 aliphatic carbocycles. The third-order valence-electron chi connectivity index (χ3n) is 6.16. The lowest BCUT2D eigenvalue weighted by molar-refractivity contribution is -0.161. The van der Waals surface area contributed by atoms with Gasteiger partial charge in [0.05, 0.1) is 18.1 Å². The maximum Gasteiger partial charge on any atom is 0.395 e. The van der Waals surface area contributed by atoms with Crippen LogP contribution >= 0.6 is 0 Å². The molecule has 5 unspecified atom stereocenters. The van der Waals surface area contributed by atoms with Crippen LogP contribution in [-0.2, 0) is 4.74 Å². The predicted molar refractivity (Wildman–Crippen MR) is 82.7 cm³/mol. The van der Waals surface area contributed by atoms with Gasteiger partial charge in [-0.1, -0.05) is 42.4 Å². The number of hydrogen-bond acceptors (Lipinski definition) is 1. The van der Waals surface area contributed by atoms with E-state index >= 15 is 0 Å². The van der Waals surface area contributed by atoms with Crippen molar-refractivity contribution in [3.63, 3.8) is 0 Å². The third kappa shape index (κ3) is 2.79. The molecule has 0 aromatic carbocycles. The minimum atomic E-state index is -4.14. The Kier molecular flexibility index (Phi) is 3.91. The van der Waals surface area contributed by atoms with Crippen LogP contribution in [-0.4, -0.2) is 18.4 Å². The Balaban J connectivity index is 1.54. The molecule has 1 nitrogen and oxygen atoms in total. The van der Waals surface area contributed by atoms with Crippen molar-refractivity contribution in [3.8, 4) is 0 Å². The fourth-order valence-electron chi connectivity index (χ4n) is 5.06. The Morgan fingerprint density at radius 2 is 1.91 bits per heavy atom. The summed E-state index contributed by atoms with van der Waals surface area (Å²) in [6.45, 7) is 0. The molecule has 23 heavy (non-hydrogen) atoms. The zero-order chi connectivity index (χ0) is 16.0. The lowest BCUT2D eigenvalue weighted by Crippen LogP contribution is -2.35. The van der Waals surface area contributed by atoms with Gasteiger partial charge in [-0.15, -0.1) is 0 Å². The molecule has 1 aliphatic heterocycles. The first-order valence-electron chi connectivity index (χ1n) is 8.80. The summed E-state index contributed by atoms with van der Waals surface area (Å²) in [5.74, 6) is -0.0557. The summed E-state index contributed by atoms with van der Waals surface area (Å²) >= 11 is 0. The summed E-state index contributed by atoms with van der Waals surface area (Å²) in [5, 5.41) is 0. The fraction of sp³-hybridized carbons (Fsp3) is 0.684. The van der Waals surface area contributed by atoms with E-state index in [0.29, 0.717) is 11.8 Å². The van der Waals surface area contributed by atoms with Crippen molar-refractivity contribution < 1.29 is 17.9 Å². The first kappa shape index (κ1) is 15.5. The van der Waals surface area contributed by atoms with E-state index in [1.54, 1.807) is 6.08 Å². The van der Waals surface area contributed by atoms with Crippen LogP contribution in [0.3, 0.4) is 0 Å². The Morgan fingerprint density at radius 1 is 1.04 bits per heavy atom. The van der Waals surface area contributed by atoms with Gasteiger partial charge in [0.1, 0.15) is 0 Å². The molecule has 0 aromatic rings. The molecule has 0 N–H and O–H groups in total. The standard InChI is InChI=1S/C19H23F3O/c20-19(21,22)13-6-3-5-12(11-13)14-8-4-9-16-15-7-1-2-10-17(15)23-18(14)16/h2-3,5-6,10,13-18H,1,4,7-9,11H2/t13-,14?,15?,16?,17?,18?/m0/s1. The molecule has 0 spiro atoms. The average Bonchev–Trinajstić information content (AvgIpc) is 2.93. The Bertz CT molecular complexity index is 545. The zero-order valence-corrected chi connectivity index (χ0v) is 13.1. The van der Waals surface area contributed by atoms with Crippen molar-refractivity contribution in [3.05, 3.63) is 36.0 Å². The van der Waals surface area contributed by atoms with Crippen molar-refractivity contribution in [1.29, 1.82) is 0 Å². The van der Waals surface area contributed by atoms with Gasteiger partial charge < -0.3 is 4.74 Å². The van der Waals surface area contributed by atoms with E-state index in [9.17, 15) is 13.2 Å². The highest BCUT2D eigenvalue weighted by Crippen LogP contribution is 2.51. The minimum Gasteiger partial charge on any atom is -0.370 e. The predicted octanol–water partition coefficient (Wildman–Crippen LogP) is 5.20. The summed E-state index contributed by atoms with van der Waals surface area (Å²) in [7, 11) is 0. The molecule has 0 amide bonds. The second kappa shape index (κ2) is 5.80. The lowest BCUT2D eigenvalue weighted by Gasteiger charge is -2.37. The molecule has 1 saturated carbocycles. The van der Waals surface area contributed by atoms with Gasteiger partial charge in [-0.25, -0.2) is 0 Å². The van der Waals surface area contributed by atoms with Crippen LogP contribution in [0.1, 0.15) is 38.5 Å². The topological polar surface area (TPSA) is 9.23 Å². The second-order valence-electron chi connectivity index (χ2n) is 7.41. The summed E-state index contributed by atoms with van der Waals surface area (Å²) in [4.78, 5) is 0. The van der Waals surface area contributed by atoms with Gasteiger partial charge in [-0.2, -0.15) is 13.2 Å². The molecule has 6 atom stereocenters. The van der Waals surface area contributed by atoms with E-state index in [1.807, 2.05) is 6.08 Å². The van der Waals surface area contributed by atoms with E-state index in [4.69, 9.17) is 4.74 Å². The highest BCUT2D eigenvalue weighted by atomic mass is 19.4. The van der Waals surface area contributed by atoms with Gasteiger partial charge in [0.25, 0.3) is 0 Å². The van der Waals surface area contributed by atoms with Crippen LogP contribution in [0.5, 0.6) is 0 Å². The fourth-order valence-corrected chi connectivity index (χ4v) is 5.06. The number of ether oxygens (including phenoxy) is 1. The molecule has 2 fully saturated rings. The van der Waals surface area contributed by atoms with E-state index in [0.717, 1.165) is 24.8 Å². The van der Waals surface area contributed by atoms with Crippen molar-refractivity contribution in [2.24, 2.45) is 23.7 Å². The summed E-state index contributed by atoms with van der Waals surface area (Å²) in [6.07, 6.45) is 11.0. The molecule has 0 radical (unpaired) electrons. The van der Waals surface area contributed by atoms with Crippen LogP contribution in [0.2, 0.25) is 0 Å².